The van der Waals surface area contributed by atoms with Crippen LogP contribution in [0.4, 0.5) is 13.2 Å². The Kier molecular flexibility index (Phi) is 5.27. The van der Waals surface area contributed by atoms with Crippen molar-refractivity contribution in [2.24, 2.45) is 5.92 Å². The highest BCUT2D eigenvalue weighted by molar-refractivity contribution is 7.87. The van der Waals surface area contributed by atoms with E-state index in [-0.39, 0.29) is 0 Å². The predicted molar refractivity (Wildman–Crippen MR) is 64.6 cm³/mol. The molecule has 6 nitrogen and oxygen atoms in total. The maximum absolute atomic E-state index is 12.4. The number of carbonyl (C=O) groups excluding carboxylic acids is 1. The van der Waals surface area contributed by atoms with E-state index in [9.17, 15) is 26.4 Å². The van der Waals surface area contributed by atoms with Gasteiger partial charge in [0.15, 0.2) is 0 Å². The Bertz CT molecular complexity index is 489. The lowest BCUT2D eigenvalue weighted by atomic mass is 9.89. The third kappa shape index (κ3) is 4.07. The second kappa shape index (κ2) is 6.09. The van der Waals surface area contributed by atoms with Gasteiger partial charge in [0.25, 0.3) is 0 Å². The van der Waals surface area contributed by atoms with Gasteiger partial charge >= 0.3 is 21.6 Å². The summed E-state index contributed by atoms with van der Waals surface area (Å²) in [4.78, 5) is 11.1. The van der Waals surface area contributed by atoms with E-state index < -0.39 is 51.9 Å². The highest BCUT2D eigenvalue weighted by Crippen LogP contribution is 2.34. The fraction of sp³-hybridized carbons (Fsp3) is 0.909. The molecule has 1 fully saturated rings. The smallest absolute Gasteiger partial charge is 0.459 e. The van der Waals surface area contributed by atoms with Crippen LogP contribution < -0.4 is 0 Å². The van der Waals surface area contributed by atoms with E-state index in [1.807, 2.05) is 0 Å². The lowest BCUT2D eigenvalue weighted by molar-refractivity contribution is -0.199. The van der Waals surface area contributed by atoms with Crippen LogP contribution in [0.2, 0.25) is 0 Å². The van der Waals surface area contributed by atoms with Crippen molar-refractivity contribution in [3.05, 3.63) is 0 Å². The molecule has 0 aliphatic carbocycles. The fourth-order valence-electron chi connectivity index (χ4n) is 2.07. The van der Waals surface area contributed by atoms with Crippen molar-refractivity contribution in [1.82, 2.24) is 0 Å². The molecular formula is C11H17F3O6S. The normalized spacial score (nSPS) is 34.5. The molecule has 0 aromatic heterocycles. The van der Waals surface area contributed by atoms with Crippen molar-refractivity contribution in [1.29, 1.82) is 0 Å². The Morgan fingerprint density at radius 3 is 2.05 bits per heavy atom. The van der Waals surface area contributed by atoms with Gasteiger partial charge in [0.1, 0.15) is 12.2 Å². The van der Waals surface area contributed by atoms with Gasteiger partial charge in [-0.25, -0.2) is 0 Å². The van der Waals surface area contributed by atoms with Gasteiger partial charge in [-0.2, -0.15) is 21.6 Å². The zero-order valence-electron chi connectivity index (χ0n) is 11.9. The molecule has 0 amide bonds. The molecule has 10 heteroatoms. The van der Waals surface area contributed by atoms with E-state index in [4.69, 9.17) is 9.47 Å². The summed E-state index contributed by atoms with van der Waals surface area (Å²) in [5.41, 5.74) is -5.56. The Hall–Kier alpha value is -0.870. The molecule has 5 atom stereocenters. The number of alkyl halides is 3. The van der Waals surface area contributed by atoms with Crippen LogP contribution in [0.25, 0.3) is 0 Å². The first-order valence-corrected chi connectivity index (χ1v) is 7.60. The minimum absolute atomic E-state index is 0.433. The molecule has 0 bridgehead atoms. The lowest BCUT2D eigenvalue weighted by Gasteiger charge is -2.42. The van der Waals surface area contributed by atoms with Gasteiger partial charge in [-0.3, -0.25) is 8.98 Å². The molecule has 1 heterocycles. The third-order valence-electron chi connectivity index (χ3n) is 3.30. The van der Waals surface area contributed by atoms with E-state index in [2.05, 4.69) is 4.18 Å². The summed E-state index contributed by atoms with van der Waals surface area (Å²) < 4.78 is 74.0. The van der Waals surface area contributed by atoms with Crippen LogP contribution in [0.3, 0.4) is 0 Å². The molecule has 1 aliphatic heterocycles. The second-order valence-electron chi connectivity index (χ2n) is 4.94. The van der Waals surface area contributed by atoms with Crippen LogP contribution in [0.5, 0.6) is 0 Å². The summed E-state index contributed by atoms with van der Waals surface area (Å²) in [6, 6.07) is 0. The zero-order chi connectivity index (χ0) is 16.6. The highest BCUT2D eigenvalue weighted by Gasteiger charge is 2.53. The van der Waals surface area contributed by atoms with Crippen LogP contribution in [0, 0.1) is 5.92 Å². The number of halogens is 3. The molecular weight excluding hydrogens is 317 g/mol. The van der Waals surface area contributed by atoms with Crippen molar-refractivity contribution in [2.75, 3.05) is 0 Å². The average molecular weight is 334 g/mol. The first-order chi connectivity index (χ1) is 9.36. The topological polar surface area (TPSA) is 78.9 Å². The van der Waals surface area contributed by atoms with Crippen molar-refractivity contribution < 1.29 is 40.0 Å². The molecule has 1 aliphatic rings. The van der Waals surface area contributed by atoms with Crippen LogP contribution in [0.15, 0.2) is 0 Å². The number of hydrogen-bond donors (Lipinski definition) is 0. The van der Waals surface area contributed by atoms with E-state index in [0.717, 1.165) is 6.92 Å². The number of carbonyl (C=O) groups is 1. The molecule has 1 saturated heterocycles. The minimum Gasteiger partial charge on any atom is -0.459 e. The maximum atomic E-state index is 12.4. The number of ether oxygens (including phenoxy) is 2. The van der Waals surface area contributed by atoms with Crippen molar-refractivity contribution in [3.8, 4) is 0 Å². The molecule has 1 unspecified atom stereocenters. The Morgan fingerprint density at radius 1 is 1.10 bits per heavy atom. The fourth-order valence-corrected chi connectivity index (χ4v) is 2.74. The SMILES string of the molecule is CC(=O)O[C@@H]1[C@H](OS(=O)(=O)C(F)(F)F)[C@H](C)OC(C)[C@@H]1C. The summed E-state index contributed by atoms with van der Waals surface area (Å²) in [7, 11) is -5.81. The quantitative estimate of drug-likeness (QED) is 0.443. The summed E-state index contributed by atoms with van der Waals surface area (Å²) >= 11 is 0. The van der Waals surface area contributed by atoms with Crippen LogP contribution in [0.1, 0.15) is 27.7 Å². The third-order valence-corrected chi connectivity index (χ3v) is 4.34. The van der Waals surface area contributed by atoms with Gasteiger partial charge in [0.2, 0.25) is 0 Å². The first-order valence-electron chi connectivity index (χ1n) is 6.19. The van der Waals surface area contributed by atoms with Crippen LogP contribution in [-0.4, -0.2) is 44.3 Å². The summed E-state index contributed by atoms with van der Waals surface area (Å²) in [6.07, 6.45) is -4.14. The van der Waals surface area contributed by atoms with E-state index in [0.29, 0.717) is 0 Å². The summed E-state index contributed by atoms with van der Waals surface area (Å²) in [6.45, 7) is 5.65. The second-order valence-corrected chi connectivity index (χ2v) is 6.50. The van der Waals surface area contributed by atoms with Gasteiger partial charge in [-0.1, -0.05) is 6.92 Å². The zero-order valence-corrected chi connectivity index (χ0v) is 12.7. The van der Waals surface area contributed by atoms with Gasteiger partial charge in [-0.05, 0) is 13.8 Å². The number of esters is 1. The van der Waals surface area contributed by atoms with Gasteiger partial charge in [-0.15, -0.1) is 0 Å². The van der Waals surface area contributed by atoms with Crippen LogP contribution >= 0.6 is 0 Å². The van der Waals surface area contributed by atoms with Crippen molar-refractivity contribution in [3.63, 3.8) is 0 Å². The molecule has 21 heavy (non-hydrogen) atoms. The molecule has 0 saturated carbocycles. The van der Waals surface area contributed by atoms with Crippen molar-refractivity contribution in [2.45, 2.75) is 57.6 Å². The Balaban J connectivity index is 3.07. The monoisotopic (exact) mass is 334 g/mol. The minimum atomic E-state index is -5.81. The molecule has 0 radical (unpaired) electrons. The van der Waals surface area contributed by atoms with Gasteiger partial charge < -0.3 is 9.47 Å². The van der Waals surface area contributed by atoms with E-state index in [1.54, 1.807) is 13.8 Å². The molecule has 0 aromatic rings. The lowest BCUT2D eigenvalue weighted by Crippen LogP contribution is -2.55. The number of rotatable bonds is 3. The van der Waals surface area contributed by atoms with E-state index in [1.165, 1.54) is 6.92 Å². The van der Waals surface area contributed by atoms with Crippen molar-refractivity contribution >= 4 is 16.1 Å². The molecule has 124 valence electrons. The van der Waals surface area contributed by atoms with Crippen LogP contribution in [-0.2, 0) is 28.6 Å². The average Bonchev–Trinajstić information content (AvgIpc) is 2.28. The Morgan fingerprint density at radius 2 is 1.62 bits per heavy atom. The molecule has 0 aromatic carbocycles. The van der Waals surface area contributed by atoms with E-state index >= 15 is 0 Å². The predicted octanol–water partition coefficient (Wildman–Crippen LogP) is 1.60. The molecule has 0 spiro atoms. The standard InChI is InChI=1S/C11H17F3O6S/c1-5-6(2)18-7(3)10(9(5)19-8(4)15)20-21(16,17)11(12,13)14/h5-7,9-10H,1-4H3/t5-,6?,7-,9-,10+/m0/s1. The highest BCUT2D eigenvalue weighted by atomic mass is 32.2. The van der Waals surface area contributed by atoms with Gasteiger partial charge in [0.05, 0.1) is 12.2 Å². The number of hydrogen-bond acceptors (Lipinski definition) is 6. The molecule has 0 N–H and O–H groups in total. The largest absolute Gasteiger partial charge is 0.523 e. The first kappa shape index (κ1) is 18.2. The summed E-state index contributed by atoms with van der Waals surface area (Å²) in [5.74, 6) is -1.27. The maximum Gasteiger partial charge on any atom is 0.523 e. The van der Waals surface area contributed by atoms with Gasteiger partial charge in [0, 0.05) is 12.8 Å². The molecule has 1 rings (SSSR count). The summed E-state index contributed by atoms with van der Waals surface area (Å²) in [5, 5.41) is 0. The Labute approximate surface area is 120 Å².